The van der Waals surface area contributed by atoms with E-state index in [0.29, 0.717) is 29.8 Å². The van der Waals surface area contributed by atoms with Gasteiger partial charge in [-0.05, 0) is 49.3 Å². The van der Waals surface area contributed by atoms with Gasteiger partial charge >= 0.3 is 13.1 Å². The summed E-state index contributed by atoms with van der Waals surface area (Å²) in [7, 11) is -1.04. The molecule has 1 aromatic rings. The van der Waals surface area contributed by atoms with Gasteiger partial charge in [-0.2, -0.15) is 0 Å². The molecule has 0 unspecified atom stereocenters. The van der Waals surface area contributed by atoms with Crippen LogP contribution in [0.4, 0.5) is 0 Å². The van der Waals surface area contributed by atoms with Gasteiger partial charge in [0.15, 0.2) is 5.79 Å². The number of ether oxygens (including phenoxy) is 3. The Hall–Kier alpha value is -1.94. The van der Waals surface area contributed by atoms with Crippen LogP contribution in [0, 0.1) is 12.8 Å². The Morgan fingerprint density at radius 3 is 2.72 bits per heavy atom. The fourth-order valence-corrected chi connectivity index (χ4v) is 3.58. The Labute approximate surface area is 171 Å². The van der Waals surface area contributed by atoms with E-state index in [0.717, 1.165) is 5.56 Å². The average molecular weight is 405 g/mol. The van der Waals surface area contributed by atoms with E-state index in [-0.39, 0.29) is 18.6 Å². The summed E-state index contributed by atoms with van der Waals surface area (Å²) in [6.07, 6.45) is -0.335. The fraction of sp³-hybridized carbons (Fsp3) is 0.600. The van der Waals surface area contributed by atoms with Crippen molar-refractivity contribution in [2.75, 3.05) is 13.2 Å². The maximum absolute atomic E-state index is 12.9. The maximum atomic E-state index is 12.9. The van der Waals surface area contributed by atoms with Gasteiger partial charge in [0.2, 0.25) is 0 Å². The van der Waals surface area contributed by atoms with Crippen molar-refractivity contribution in [3.05, 3.63) is 28.8 Å². The molecule has 0 saturated carbocycles. The van der Waals surface area contributed by atoms with Crippen molar-refractivity contribution >= 4 is 24.5 Å². The number of fused-ring (bicyclic) bond motifs is 1. The van der Waals surface area contributed by atoms with Gasteiger partial charge in [0.1, 0.15) is 18.8 Å². The summed E-state index contributed by atoms with van der Waals surface area (Å²) < 4.78 is 21.7. The van der Waals surface area contributed by atoms with Gasteiger partial charge in [-0.25, -0.2) is 4.79 Å². The second kappa shape index (κ2) is 8.43. The van der Waals surface area contributed by atoms with Crippen molar-refractivity contribution in [3.8, 4) is 0 Å². The highest BCUT2D eigenvalue weighted by Gasteiger charge is 2.35. The summed E-state index contributed by atoms with van der Waals surface area (Å²) in [5.74, 6) is -1.79. The third-order valence-electron chi connectivity index (χ3n) is 5.18. The molecule has 0 spiro atoms. The molecule has 1 fully saturated rings. The summed E-state index contributed by atoms with van der Waals surface area (Å²) in [5.41, 5.74) is 2.50. The number of esters is 1. The summed E-state index contributed by atoms with van der Waals surface area (Å²) in [6.45, 7) is 9.73. The molecule has 0 radical (unpaired) electrons. The highest BCUT2D eigenvalue weighted by atomic mass is 16.7. The molecule has 8 nitrogen and oxygen atoms in total. The van der Waals surface area contributed by atoms with E-state index in [4.69, 9.17) is 18.9 Å². The molecule has 1 saturated heterocycles. The summed E-state index contributed by atoms with van der Waals surface area (Å²) in [5, 5.41) is 12.8. The van der Waals surface area contributed by atoms with Crippen LogP contribution >= 0.6 is 0 Å². The Kier molecular flexibility index (Phi) is 6.33. The number of rotatable bonds is 6. The van der Waals surface area contributed by atoms with E-state index in [1.807, 2.05) is 13.8 Å². The van der Waals surface area contributed by atoms with E-state index < -0.39 is 30.8 Å². The van der Waals surface area contributed by atoms with E-state index in [1.54, 1.807) is 32.9 Å². The highest BCUT2D eigenvalue weighted by Crippen LogP contribution is 2.22. The zero-order valence-electron chi connectivity index (χ0n) is 17.5. The molecule has 2 N–H and O–H groups in total. The first-order valence-electron chi connectivity index (χ1n) is 9.80. The second-order valence-electron chi connectivity index (χ2n) is 8.25. The maximum Gasteiger partial charge on any atom is 0.492 e. The third-order valence-corrected chi connectivity index (χ3v) is 5.18. The van der Waals surface area contributed by atoms with Crippen LogP contribution in [-0.4, -0.2) is 55.2 Å². The van der Waals surface area contributed by atoms with Gasteiger partial charge < -0.3 is 29.2 Å². The van der Waals surface area contributed by atoms with Crippen LogP contribution in [0.2, 0.25) is 0 Å². The molecule has 158 valence electrons. The molecule has 3 rings (SSSR count). The molecule has 1 amide bonds. The molecule has 2 aliphatic heterocycles. The summed E-state index contributed by atoms with van der Waals surface area (Å²) in [6, 6.07) is 2.63. The quantitative estimate of drug-likeness (QED) is 0.530. The van der Waals surface area contributed by atoms with Gasteiger partial charge in [0.05, 0.1) is 13.2 Å². The smallest absolute Gasteiger partial charge is 0.461 e. The largest absolute Gasteiger partial charge is 0.492 e. The minimum Gasteiger partial charge on any atom is -0.461 e. The zero-order valence-corrected chi connectivity index (χ0v) is 17.5. The fourth-order valence-electron chi connectivity index (χ4n) is 3.58. The predicted octanol–water partition coefficient (Wildman–Crippen LogP) is 0.662. The van der Waals surface area contributed by atoms with Crippen molar-refractivity contribution in [1.82, 2.24) is 5.32 Å². The zero-order chi connectivity index (χ0) is 21.3. The number of hydrogen-bond donors (Lipinski definition) is 2. The number of carbonyl (C=O) groups excluding carboxylic acids is 2. The van der Waals surface area contributed by atoms with Gasteiger partial charge in [-0.1, -0.05) is 19.9 Å². The monoisotopic (exact) mass is 405 g/mol. The third kappa shape index (κ3) is 4.80. The van der Waals surface area contributed by atoms with Gasteiger partial charge in [0, 0.05) is 5.56 Å². The number of hydrogen-bond acceptors (Lipinski definition) is 7. The van der Waals surface area contributed by atoms with Crippen molar-refractivity contribution in [2.24, 2.45) is 5.92 Å². The van der Waals surface area contributed by atoms with Crippen LogP contribution in [0.15, 0.2) is 12.1 Å². The highest BCUT2D eigenvalue weighted by molar-refractivity contribution is 6.62. The van der Waals surface area contributed by atoms with Crippen LogP contribution in [0.3, 0.4) is 0 Å². The summed E-state index contributed by atoms with van der Waals surface area (Å²) in [4.78, 5) is 25.5. The van der Waals surface area contributed by atoms with E-state index in [9.17, 15) is 14.6 Å². The van der Waals surface area contributed by atoms with Crippen molar-refractivity contribution in [3.63, 3.8) is 0 Å². The molecule has 2 heterocycles. The standard InChI is InChI=1S/C20H28BNO7/c1-11(2)17(19(24)26-9-14-10-27-20(4,5)29-14)22-18(23)15-7-6-13-8-28-21(25)16(13)12(15)3/h6-7,11,14,17,25H,8-10H2,1-5H3,(H,22,23)/t14-,17+/m1/s1. The molecule has 0 aromatic heterocycles. The lowest BCUT2D eigenvalue weighted by molar-refractivity contribution is -0.160. The molecule has 0 bridgehead atoms. The van der Waals surface area contributed by atoms with E-state index >= 15 is 0 Å². The molecule has 2 atom stereocenters. The van der Waals surface area contributed by atoms with E-state index in [2.05, 4.69) is 5.32 Å². The number of benzene rings is 1. The summed E-state index contributed by atoms with van der Waals surface area (Å²) >= 11 is 0. The molecule has 1 aromatic carbocycles. The first-order valence-corrected chi connectivity index (χ1v) is 9.80. The predicted molar refractivity (Wildman–Crippen MR) is 106 cm³/mol. The Morgan fingerprint density at radius 1 is 1.38 bits per heavy atom. The lowest BCUT2D eigenvalue weighted by Gasteiger charge is -2.23. The number of nitrogens with one attached hydrogen (secondary N) is 1. The van der Waals surface area contributed by atoms with Gasteiger partial charge in [-0.3, -0.25) is 4.79 Å². The minimum absolute atomic E-state index is 0.0583. The van der Waals surface area contributed by atoms with Crippen molar-refractivity contribution < 1.29 is 33.5 Å². The van der Waals surface area contributed by atoms with Crippen LogP contribution < -0.4 is 10.8 Å². The van der Waals surface area contributed by atoms with E-state index in [1.165, 1.54) is 0 Å². The van der Waals surface area contributed by atoms with Crippen molar-refractivity contribution in [2.45, 2.75) is 59.2 Å². The first-order chi connectivity index (χ1) is 13.6. The second-order valence-corrected chi connectivity index (χ2v) is 8.25. The lowest BCUT2D eigenvalue weighted by Crippen LogP contribution is -2.46. The first kappa shape index (κ1) is 21.8. The lowest BCUT2D eigenvalue weighted by atomic mass is 9.75. The Morgan fingerprint density at radius 2 is 2.10 bits per heavy atom. The van der Waals surface area contributed by atoms with Crippen LogP contribution in [0.25, 0.3) is 0 Å². The molecule has 2 aliphatic rings. The van der Waals surface area contributed by atoms with Crippen LogP contribution in [0.5, 0.6) is 0 Å². The topological polar surface area (TPSA) is 103 Å². The van der Waals surface area contributed by atoms with Gasteiger partial charge in [-0.15, -0.1) is 0 Å². The molecule has 29 heavy (non-hydrogen) atoms. The average Bonchev–Trinajstić information content (AvgIpc) is 3.19. The van der Waals surface area contributed by atoms with Crippen LogP contribution in [0.1, 0.15) is 49.2 Å². The number of carbonyl (C=O) groups is 2. The van der Waals surface area contributed by atoms with Crippen LogP contribution in [-0.2, 0) is 30.3 Å². The Balaban J connectivity index is 1.65. The molecular formula is C20H28BNO7. The minimum atomic E-state index is -1.04. The van der Waals surface area contributed by atoms with Gasteiger partial charge in [0.25, 0.3) is 5.91 Å². The number of amides is 1. The Bertz CT molecular complexity index is 795. The normalized spacial score (nSPS) is 21.2. The molecular weight excluding hydrogens is 377 g/mol. The molecule has 0 aliphatic carbocycles. The molecule has 9 heteroatoms. The van der Waals surface area contributed by atoms with Crippen molar-refractivity contribution in [1.29, 1.82) is 0 Å². The SMILES string of the molecule is Cc1c(C(=O)N[C@H](C(=O)OC[C@@H]2COC(C)(C)O2)C(C)C)ccc2c1B(O)OC2.